The largest absolute Gasteiger partial charge is 0.343 e. The Labute approximate surface area is 131 Å². The van der Waals surface area contributed by atoms with E-state index in [1.165, 1.54) is 22.0 Å². The molecule has 3 aromatic rings. The van der Waals surface area contributed by atoms with Crippen molar-refractivity contribution in [3.63, 3.8) is 0 Å². The first-order valence-electron chi connectivity index (χ1n) is 7.27. The van der Waals surface area contributed by atoms with Gasteiger partial charge < -0.3 is 4.57 Å². The average molecular weight is 298 g/mol. The van der Waals surface area contributed by atoms with Crippen molar-refractivity contribution in [1.82, 2.24) is 4.57 Å². The SMILES string of the molecule is CC(C)(C)c1ccc(Cn2ccc3cc(Cl)ccc32)cc1. The second-order valence-electron chi connectivity index (χ2n) is 6.59. The summed E-state index contributed by atoms with van der Waals surface area (Å²) in [5, 5.41) is 1.98. The van der Waals surface area contributed by atoms with E-state index < -0.39 is 0 Å². The van der Waals surface area contributed by atoms with Crippen molar-refractivity contribution >= 4 is 22.5 Å². The van der Waals surface area contributed by atoms with Crippen LogP contribution < -0.4 is 0 Å². The monoisotopic (exact) mass is 297 g/mol. The lowest BCUT2D eigenvalue weighted by Gasteiger charge is -2.19. The highest BCUT2D eigenvalue weighted by molar-refractivity contribution is 6.31. The molecule has 0 amide bonds. The number of aromatic nitrogens is 1. The van der Waals surface area contributed by atoms with Gasteiger partial charge in [0.1, 0.15) is 0 Å². The molecule has 1 nitrogen and oxygen atoms in total. The number of benzene rings is 2. The molecule has 0 aliphatic heterocycles. The van der Waals surface area contributed by atoms with Gasteiger partial charge in [0.05, 0.1) is 0 Å². The fourth-order valence-electron chi connectivity index (χ4n) is 2.62. The van der Waals surface area contributed by atoms with E-state index in [-0.39, 0.29) is 5.41 Å². The minimum absolute atomic E-state index is 0.204. The van der Waals surface area contributed by atoms with E-state index in [1.807, 2.05) is 12.1 Å². The van der Waals surface area contributed by atoms with Crippen molar-refractivity contribution in [3.05, 3.63) is 70.9 Å². The molecule has 0 radical (unpaired) electrons. The third-order valence-electron chi connectivity index (χ3n) is 3.91. The highest BCUT2D eigenvalue weighted by Gasteiger charge is 2.12. The Hall–Kier alpha value is -1.73. The Morgan fingerprint density at radius 1 is 0.952 bits per heavy atom. The lowest BCUT2D eigenvalue weighted by Crippen LogP contribution is -2.10. The molecule has 0 aliphatic carbocycles. The molecule has 0 unspecified atom stereocenters. The summed E-state index contributed by atoms with van der Waals surface area (Å²) in [7, 11) is 0. The highest BCUT2D eigenvalue weighted by Crippen LogP contribution is 2.24. The van der Waals surface area contributed by atoms with E-state index in [0.29, 0.717) is 0 Å². The molecule has 21 heavy (non-hydrogen) atoms. The van der Waals surface area contributed by atoms with Crippen molar-refractivity contribution in [2.45, 2.75) is 32.7 Å². The predicted octanol–water partition coefficient (Wildman–Crippen LogP) is 5.64. The number of fused-ring (bicyclic) bond motifs is 1. The van der Waals surface area contributed by atoms with Crippen molar-refractivity contribution < 1.29 is 0 Å². The zero-order chi connectivity index (χ0) is 15.0. The topological polar surface area (TPSA) is 4.93 Å². The van der Waals surface area contributed by atoms with Crippen molar-refractivity contribution in [3.8, 4) is 0 Å². The van der Waals surface area contributed by atoms with E-state index in [4.69, 9.17) is 11.6 Å². The minimum Gasteiger partial charge on any atom is -0.343 e. The van der Waals surface area contributed by atoms with E-state index >= 15 is 0 Å². The zero-order valence-electron chi connectivity index (χ0n) is 12.7. The summed E-state index contributed by atoms with van der Waals surface area (Å²) < 4.78 is 2.26. The molecular formula is C19H20ClN. The molecule has 0 atom stereocenters. The molecule has 3 rings (SSSR count). The van der Waals surface area contributed by atoms with Gasteiger partial charge in [-0.05, 0) is 40.8 Å². The molecule has 0 saturated heterocycles. The third kappa shape index (κ3) is 2.98. The van der Waals surface area contributed by atoms with Gasteiger partial charge in [0, 0.05) is 28.7 Å². The maximum Gasteiger partial charge on any atom is 0.0484 e. The third-order valence-corrected chi connectivity index (χ3v) is 4.14. The lowest BCUT2D eigenvalue weighted by molar-refractivity contribution is 0.590. The molecule has 0 aliphatic rings. The van der Waals surface area contributed by atoms with Crippen LogP contribution in [0, 0.1) is 0 Å². The zero-order valence-corrected chi connectivity index (χ0v) is 13.5. The number of nitrogens with zero attached hydrogens (tertiary/aromatic N) is 1. The molecule has 2 aromatic carbocycles. The molecule has 0 spiro atoms. The van der Waals surface area contributed by atoms with Gasteiger partial charge in [0.2, 0.25) is 0 Å². The van der Waals surface area contributed by atoms with E-state index in [1.54, 1.807) is 0 Å². The van der Waals surface area contributed by atoms with Crippen LogP contribution in [0.3, 0.4) is 0 Å². The lowest BCUT2D eigenvalue weighted by atomic mass is 9.87. The number of hydrogen-bond donors (Lipinski definition) is 0. The maximum atomic E-state index is 6.04. The molecule has 1 aromatic heterocycles. The van der Waals surface area contributed by atoms with E-state index in [2.05, 4.69) is 67.9 Å². The summed E-state index contributed by atoms with van der Waals surface area (Å²) in [6, 6.07) is 17.1. The van der Waals surface area contributed by atoms with Gasteiger partial charge in [-0.15, -0.1) is 0 Å². The summed E-state index contributed by atoms with van der Waals surface area (Å²) in [4.78, 5) is 0. The Morgan fingerprint density at radius 2 is 1.67 bits per heavy atom. The Balaban J connectivity index is 1.88. The van der Waals surface area contributed by atoms with Crippen LogP contribution in [-0.4, -0.2) is 4.57 Å². The molecule has 108 valence electrons. The molecule has 0 fully saturated rings. The van der Waals surface area contributed by atoms with Crippen molar-refractivity contribution in [1.29, 1.82) is 0 Å². The summed E-state index contributed by atoms with van der Waals surface area (Å²) in [5.74, 6) is 0. The fourth-order valence-corrected chi connectivity index (χ4v) is 2.80. The average Bonchev–Trinajstić information content (AvgIpc) is 2.80. The Kier molecular flexibility index (Phi) is 3.54. The highest BCUT2D eigenvalue weighted by atomic mass is 35.5. The van der Waals surface area contributed by atoms with Crippen LogP contribution in [0.25, 0.3) is 10.9 Å². The first-order valence-corrected chi connectivity index (χ1v) is 7.65. The fraction of sp³-hybridized carbons (Fsp3) is 0.263. The van der Waals surface area contributed by atoms with Crippen molar-refractivity contribution in [2.75, 3.05) is 0 Å². The first-order chi connectivity index (χ1) is 9.93. The summed E-state index contributed by atoms with van der Waals surface area (Å²) >= 11 is 6.04. The van der Waals surface area contributed by atoms with Gasteiger partial charge in [-0.2, -0.15) is 0 Å². The first kappa shape index (κ1) is 14.2. The molecule has 0 saturated carbocycles. The molecule has 0 N–H and O–H groups in total. The molecule has 0 bridgehead atoms. The van der Waals surface area contributed by atoms with Crippen LogP contribution in [0.4, 0.5) is 0 Å². The van der Waals surface area contributed by atoms with Gasteiger partial charge in [-0.25, -0.2) is 0 Å². The van der Waals surface area contributed by atoms with Crippen LogP contribution in [0.2, 0.25) is 5.02 Å². The molecular weight excluding hydrogens is 278 g/mol. The Bertz CT molecular complexity index is 760. The summed E-state index contributed by atoms with van der Waals surface area (Å²) in [6.07, 6.45) is 2.12. The minimum atomic E-state index is 0.204. The predicted molar refractivity (Wildman–Crippen MR) is 91.2 cm³/mol. The van der Waals surface area contributed by atoms with Gasteiger partial charge >= 0.3 is 0 Å². The van der Waals surface area contributed by atoms with Gasteiger partial charge in [0.25, 0.3) is 0 Å². The number of hydrogen-bond acceptors (Lipinski definition) is 0. The second-order valence-corrected chi connectivity index (χ2v) is 7.03. The number of halogens is 1. The normalized spacial score (nSPS) is 12.0. The van der Waals surface area contributed by atoms with Gasteiger partial charge in [0.15, 0.2) is 0 Å². The van der Waals surface area contributed by atoms with Gasteiger partial charge in [-0.1, -0.05) is 56.6 Å². The van der Waals surface area contributed by atoms with Crippen molar-refractivity contribution in [2.24, 2.45) is 0 Å². The van der Waals surface area contributed by atoms with Crippen LogP contribution in [0.1, 0.15) is 31.9 Å². The van der Waals surface area contributed by atoms with Crippen LogP contribution >= 0.6 is 11.6 Å². The second kappa shape index (κ2) is 5.23. The maximum absolute atomic E-state index is 6.04. The quantitative estimate of drug-likeness (QED) is 0.577. The molecule has 1 heterocycles. The molecule has 2 heteroatoms. The Morgan fingerprint density at radius 3 is 2.33 bits per heavy atom. The smallest absolute Gasteiger partial charge is 0.0484 e. The summed E-state index contributed by atoms with van der Waals surface area (Å²) in [6.45, 7) is 7.61. The van der Waals surface area contributed by atoms with Gasteiger partial charge in [-0.3, -0.25) is 0 Å². The summed E-state index contributed by atoms with van der Waals surface area (Å²) in [5.41, 5.74) is 4.11. The standard InChI is InChI=1S/C19H20ClN/c1-19(2,3)16-6-4-14(5-7-16)13-21-11-10-15-12-17(20)8-9-18(15)21/h4-12H,13H2,1-3H3. The van der Waals surface area contributed by atoms with Crippen LogP contribution in [-0.2, 0) is 12.0 Å². The van der Waals surface area contributed by atoms with Crippen LogP contribution in [0.15, 0.2) is 54.7 Å². The van der Waals surface area contributed by atoms with Crippen LogP contribution in [0.5, 0.6) is 0 Å². The van der Waals surface area contributed by atoms with E-state index in [9.17, 15) is 0 Å². The number of rotatable bonds is 2. The van der Waals surface area contributed by atoms with E-state index in [0.717, 1.165) is 11.6 Å².